The molecule has 2 amide bonds. The van der Waals surface area contributed by atoms with Crippen molar-refractivity contribution in [3.05, 3.63) is 35.6 Å². The highest BCUT2D eigenvalue weighted by Crippen LogP contribution is 2.01. The Hall–Kier alpha value is -1.99. The van der Waals surface area contributed by atoms with Crippen LogP contribution in [-0.4, -0.2) is 51.7 Å². The summed E-state index contributed by atoms with van der Waals surface area (Å²) in [6.07, 6.45) is 0. The first-order valence-corrected chi connectivity index (χ1v) is 6.63. The summed E-state index contributed by atoms with van der Waals surface area (Å²) >= 11 is 0. The molecule has 0 aliphatic rings. The van der Waals surface area contributed by atoms with Gasteiger partial charge in [0.15, 0.2) is 0 Å². The molecule has 0 radical (unpaired) electrons. The minimum atomic E-state index is -0.389. The fraction of sp³-hybridized carbons (Fsp3) is 0.429. The van der Waals surface area contributed by atoms with Crippen LogP contribution in [0.5, 0.6) is 0 Å². The summed E-state index contributed by atoms with van der Waals surface area (Å²) in [6.45, 7) is 1.99. The molecule has 0 saturated heterocycles. The lowest BCUT2D eigenvalue weighted by Gasteiger charge is -2.08. The number of hydrogen-bond acceptors (Lipinski definition) is 4. The zero-order valence-electron chi connectivity index (χ0n) is 11.9. The van der Waals surface area contributed by atoms with E-state index in [-0.39, 0.29) is 24.2 Å². The summed E-state index contributed by atoms with van der Waals surface area (Å²) < 4.78 is 17.5. The number of amides is 2. The molecule has 0 spiro atoms. The molecule has 0 unspecified atom stereocenters. The van der Waals surface area contributed by atoms with Crippen molar-refractivity contribution in [1.82, 2.24) is 16.0 Å². The van der Waals surface area contributed by atoms with Gasteiger partial charge >= 0.3 is 0 Å². The second-order valence-electron chi connectivity index (χ2n) is 4.28. The van der Waals surface area contributed by atoms with Gasteiger partial charge in [-0.05, 0) is 24.3 Å². The largest absolute Gasteiger partial charge is 0.383 e. The SMILES string of the molecule is COCCNCC(=O)NCCNC(=O)c1ccc(F)cc1. The molecule has 3 N–H and O–H groups in total. The smallest absolute Gasteiger partial charge is 0.251 e. The Morgan fingerprint density at radius 1 is 1.10 bits per heavy atom. The number of halogens is 1. The first kappa shape index (κ1) is 17.1. The van der Waals surface area contributed by atoms with Crippen LogP contribution in [0.15, 0.2) is 24.3 Å². The third-order valence-electron chi connectivity index (χ3n) is 2.61. The molecule has 0 aliphatic heterocycles. The van der Waals surface area contributed by atoms with Crippen LogP contribution in [0.4, 0.5) is 4.39 Å². The maximum absolute atomic E-state index is 12.7. The molecule has 0 heterocycles. The predicted molar refractivity (Wildman–Crippen MR) is 76.5 cm³/mol. The first-order chi connectivity index (χ1) is 10.1. The van der Waals surface area contributed by atoms with Crippen molar-refractivity contribution in [3.63, 3.8) is 0 Å². The average Bonchev–Trinajstić information content (AvgIpc) is 2.48. The number of ether oxygens (including phenoxy) is 1. The van der Waals surface area contributed by atoms with Crippen molar-refractivity contribution < 1.29 is 18.7 Å². The van der Waals surface area contributed by atoms with Gasteiger partial charge in [0.25, 0.3) is 5.91 Å². The van der Waals surface area contributed by atoms with E-state index >= 15 is 0 Å². The number of rotatable bonds is 9. The monoisotopic (exact) mass is 297 g/mol. The third-order valence-corrected chi connectivity index (χ3v) is 2.61. The topological polar surface area (TPSA) is 79.5 Å². The number of nitrogens with one attached hydrogen (secondary N) is 3. The van der Waals surface area contributed by atoms with Gasteiger partial charge in [0.2, 0.25) is 5.91 Å². The van der Waals surface area contributed by atoms with Crippen LogP contribution in [0.3, 0.4) is 0 Å². The Labute approximate surface area is 123 Å². The van der Waals surface area contributed by atoms with Gasteiger partial charge in [-0.25, -0.2) is 4.39 Å². The molecule has 0 fully saturated rings. The lowest BCUT2D eigenvalue weighted by Crippen LogP contribution is -2.39. The van der Waals surface area contributed by atoms with E-state index < -0.39 is 0 Å². The van der Waals surface area contributed by atoms with Gasteiger partial charge in [0.1, 0.15) is 5.82 Å². The highest BCUT2D eigenvalue weighted by Gasteiger charge is 2.05. The Morgan fingerprint density at radius 2 is 1.76 bits per heavy atom. The summed E-state index contributed by atoms with van der Waals surface area (Å²) in [5.41, 5.74) is 0.379. The molecule has 21 heavy (non-hydrogen) atoms. The van der Waals surface area contributed by atoms with Gasteiger partial charge in [0.05, 0.1) is 13.2 Å². The maximum atomic E-state index is 12.7. The maximum Gasteiger partial charge on any atom is 0.251 e. The summed E-state index contributed by atoms with van der Waals surface area (Å²) in [5, 5.41) is 8.20. The van der Waals surface area contributed by atoms with E-state index in [1.165, 1.54) is 24.3 Å². The second kappa shape index (κ2) is 9.84. The molecule has 7 heteroatoms. The average molecular weight is 297 g/mol. The molecule has 1 aromatic rings. The Morgan fingerprint density at radius 3 is 2.43 bits per heavy atom. The van der Waals surface area contributed by atoms with Gasteiger partial charge in [-0.2, -0.15) is 0 Å². The van der Waals surface area contributed by atoms with Gasteiger partial charge in [-0.15, -0.1) is 0 Å². The van der Waals surface area contributed by atoms with Crippen LogP contribution in [0.1, 0.15) is 10.4 Å². The van der Waals surface area contributed by atoms with Crippen molar-refractivity contribution in [2.24, 2.45) is 0 Å². The predicted octanol–water partition coefficient (Wildman–Crippen LogP) is -0.0923. The highest BCUT2D eigenvalue weighted by molar-refractivity contribution is 5.94. The van der Waals surface area contributed by atoms with Crippen molar-refractivity contribution >= 4 is 11.8 Å². The highest BCUT2D eigenvalue weighted by atomic mass is 19.1. The number of methoxy groups -OCH3 is 1. The molecule has 1 aromatic carbocycles. The summed E-state index contributed by atoms with van der Waals surface area (Å²) in [4.78, 5) is 23.1. The molecule has 116 valence electrons. The minimum absolute atomic E-state index is 0.151. The van der Waals surface area contributed by atoms with Crippen LogP contribution in [0, 0.1) is 5.82 Å². The Balaban J connectivity index is 2.12. The van der Waals surface area contributed by atoms with Crippen molar-refractivity contribution in [3.8, 4) is 0 Å². The summed E-state index contributed by atoms with van der Waals surface area (Å²) in [6, 6.07) is 5.26. The van der Waals surface area contributed by atoms with Crippen molar-refractivity contribution in [2.75, 3.05) is 39.9 Å². The van der Waals surface area contributed by atoms with Crippen LogP contribution < -0.4 is 16.0 Å². The number of benzene rings is 1. The Kier molecular flexibility index (Phi) is 8.00. The van der Waals surface area contributed by atoms with Crippen LogP contribution in [0.25, 0.3) is 0 Å². The van der Waals surface area contributed by atoms with E-state index in [9.17, 15) is 14.0 Å². The van der Waals surface area contributed by atoms with Gasteiger partial charge in [-0.1, -0.05) is 0 Å². The van der Waals surface area contributed by atoms with Crippen molar-refractivity contribution in [1.29, 1.82) is 0 Å². The van der Waals surface area contributed by atoms with E-state index in [4.69, 9.17) is 4.74 Å². The fourth-order valence-electron chi connectivity index (χ4n) is 1.52. The van der Waals surface area contributed by atoms with E-state index in [0.29, 0.717) is 31.8 Å². The summed E-state index contributed by atoms with van der Waals surface area (Å²) in [7, 11) is 1.59. The minimum Gasteiger partial charge on any atom is -0.383 e. The van der Waals surface area contributed by atoms with E-state index in [1.54, 1.807) is 7.11 Å². The Bertz CT molecular complexity index is 451. The van der Waals surface area contributed by atoms with Crippen LogP contribution >= 0.6 is 0 Å². The van der Waals surface area contributed by atoms with Gasteiger partial charge in [0, 0.05) is 32.3 Å². The quantitative estimate of drug-likeness (QED) is 0.557. The molecule has 0 aliphatic carbocycles. The van der Waals surface area contributed by atoms with Crippen LogP contribution in [-0.2, 0) is 9.53 Å². The van der Waals surface area contributed by atoms with Gasteiger partial charge in [-0.3, -0.25) is 9.59 Å². The number of carbonyl (C=O) groups excluding carboxylic acids is 2. The van der Waals surface area contributed by atoms with E-state index in [2.05, 4.69) is 16.0 Å². The summed E-state index contributed by atoms with van der Waals surface area (Å²) in [5.74, 6) is -0.843. The fourth-order valence-corrected chi connectivity index (χ4v) is 1.52. The normalized spacial score (nSPS) is 10.2. The molecular weight excluding hydrogens is 277 g/mol. The molecular formula is C14H20FN3O3. The van der Waals surface area contributed by atoms with Crippen LogP contribution in [0.2, 0.25) is 0 Å². The zero-order chi connectivity index (χ0) is 15.5. The molecule has 0 aromatic heterocycles. The van der Waals surface area contributed by atoms with Crippen molar-refractivity contribution in [2.45, 2.75) is 0 Å². The molecule has 0 bridgehead atoms. The van der Waals surface area contributed by atoms with E-state index in [1.807, 2.05) is 0 Å². The lowest BCUT2D eigenvalue weighted by atomic mass is 10.2. The number of hydrogen-bond donors (Lipinski definition) is 3. The third kappa shape index (κ3) is 7.38. The van der Waals surface area contributed by atoms with Gasteiger partial charge < -0.3 is 20.7 Å². The lowest BCUT2D eigenvalue weighted by molar-refractivity contribution is -0.120. The standard InChI is InChI=1S/C14H20FN3O3/c1-21-9-8-16-10-13(19)17-6-7-18-14(20)11-2-4-12(15)5-3-11/h2-5,16H,6-10H2,1H3,(H,17,19)(H,18,20). The second-order valence-corrected chi connectivity index (χ2v) is 4.28. The molecule has 0 atom stereocenters. The first-order valence-electron chi connectivity index (χ1n) is 6.63. The number of carbonyl (C=O) groups is 2. The molecule has 1 rings (SSSR count). The molecule has 0 saturated carbocycles. The zero-order valence-corrected chi connectivity index (χ0v) is 11.9. The van der Waals surface area contributed by atoms with E-state index in [0.717, 1.165) is 0 Å². The molecule has 6 nitrogen and oxygen atoms in total.